The van der Waals surface area contributed by atoms with E-state index < -0.39 is 0 Å². The highest BCUT2D eigenvalue weighted by molar-refractivity contribution is 7.17. The summed E-state index contributed by atoms with van der Waals surface area (Å²) >= 11 is 1.46. The summed E-state index contributed by atoms with van der Waals surface area (Å²) in [6.45, 7) is 0.702. The predicted molar refractivity (Wildman–Crippen MR) is 108 cm³/mol. The van der Waals surface area contributed by atoms with Gasteiger partial charge in [0, 0.05) is 29.0 Å². The monoisotopic (exact) mass is 365 g/mol. The second-order valence-electron chi connectivity index (χ2n) is 6.12. The van der Waals surface area contributed by atoms with Crippen LogP contribution in [0.3, 0.4) is 0 Å². The van der Waals surface area contributed by atoms with Gasteiger partial charge in [0.25, 0.3) is 5.56 Å². The molecule has 132 valence electrons. The highest BCUT2D eigenvalue weighted by Gasteiger charge is 2.16. The Morgan fingerprint density at radius 1 is 1.04 bits per heavy atom. The number of benzene rings is 2. The minimum atomic E-state index is -0.0477. The fourth-order valence-corrected chi connectivity index (χ4v) is 4.14. The van der Waals surface area contributed by atoms with Gasteiger partial charge in [-0.3, -0.25) is 4.79 Å². The Kier molecular flexibility index (Phi) is 4.49. The quantitative estimate of drug-likeness (QED) is 0.562. The predicted octanol–water partition coefficient (Wildman–Crippen LogP) is 4.61. The zero-order chi connectivity index (χ0) is 18.1. The Bertz CT molecular complexity index is 1130. The molecule has 0 unspecified atom stereocenters. The molecule has 0 amide bonds. The van der Waals surface area contributed by atoms with Crippen LogP contribution in [-0.2, 0) is 11.2 Å². The van der Waals surface area contributed by atoms with Crippen LogP contribution in [0.5, 0.6) is 5.75 Å². The molecule has 0 aliphatic heterocycles. The molecule has 4 rings (SSSR count). The van der Waals surface area contributed by atoms with Gasteiger partial charge in [0.1, 0.15) is 10.4 Å². The normalized spacial score (nSPS) is 11.3. The van der Waals surface area contributed by atoms with E-state index in [1.165, 1.54) is 16.9 Å². The molecule has 0 bridgehead atoms. The summed E-state index contributed by atoms with van der Waals surface area (Å²) < 4.78 is 11.5. The molecule has 2 heterocycles. The lowest BCUT2D eigenvalue weighted by Crippen LogP contribution is -2.05. The summed E-state index contributed by atoms with van der Waals surface area (Å²) in [7, 11) is 3.39. The van der Waals surface area contributed by atoms with E-state index in [1.807, 2.05) is 23.6 Å². The number of methoxy groups -OCH3 is 2. The third-order valence-electron chi connectivity index (χ3n) is 4.61. The molecule has 5 heteroatoms. The van der Waals surface area contributed by atoms with Gasteiger partial charge < -0.3 is 14.5 Å². The number of pyridine rings is 1. The van der Waals surface area contributed by atoms with Gasteiger partial charge in [-0.2, -0.15) is 0 Å². The van der Waals surface area contributed by atoms with E-state index in [0.29, 0.717) is 6.61 Å². The third kappa shape index (κ3) is 2.79. The highest BCUT2D eigenvalue weighted by Crippen LogP contribution is 2.40. The minimum Gasteiger partial charge on any atom is -0.496 e. The van der Waals surface area contributed by atoms with Crippen molar-refractivity contribution in [2.45, 2.75) is 6.42 Å². The van der Waals surface area contributed by atoms with Crippen LogP contribution in [0.4, 0.5) is 0 Å². The first-order chi connectivity index (χ1) is 12.7. The zero-order valence-corrected chi connectivity index (χ0v) is 15.5. The van der Waals surface area contributed by atoms with Gasteiger partial charge in [-0.1, -0.05) is 24.3 Å². The van der Waals surface area contributed by atoms with E-state index in [2.05, 4.69) is 29.2 Å². The van der Waals surface area contributed by atoms with Gasteiger partial charge in [-0.25, -0.2) is 0 Å². The number of rotatable bonds is 5. The van der Waals surface area contributed by atoms with Crippen molar-refractivity contribution < 1.29 is 9.47 Å². The topological polar surface area (TPSA) is 51.3 Å². The lowest BCUT2D eigenvalue weighted by Gasteiger charge is -2.14. The Balaban J connectivity index is 1.98. The van der Waals surface area contributed by atoms with Gasteiger partial charge in [0.2, 0.25) is 0 Å². The molecular formula is C21H19NO3S. The number of thiophene rings is 1. The van der Waals surface area contributed by atoms with Crippen molar-refractivity contribution in [2.24, 2.45) is 0 Å². The minimum absolute atomic E-state index is 0.0477. The fraction of sp³-hybridized carbons (Fsp3) is 0.190. The first kappa shape index (κ1) is 16.8. The molecule has 1 N–H and O–H groups in total. The van der Waals surface area contributed by atoms with Gasteiger partial charge in [0.15, 0.2) is 0 Å². The summed E-state index contributed by atoms with van der Waals surface area (Å²) in [4.78, 5) is 15.3. The largest absolute Gasteiger partial charge is 0.496 e. The molecule has 2 aromatic carbocycles. The molecule has 4 aromatic rings. The van der Waals surface area contributed by atoms with Crippen molar-refractivity contribution in [3.05, 3.63) is 63.8 Å². The number of ether oxygens (including phenoxy) is 2. The number of aromatic nitrogens is 1. The third-order valence-corrected chi connectivity index (χ3v) is 5.53. The average molecular weight is 365 g/mol. The van der Waals surface area contributed by atoms with Crippen molar-refractivity contribution in [1.82, 2.24) is 4.98 Å². The average Bonchev–Trinajstić information content (AvgIpc) is 3.17. The molecule has 2 aromatic heterocycles. The zero-order valence-electron chi connectivity index (χ0n) is 14.7. The Morgan fingerprint density at radius 2 is 1.85 bits per heavy atom. The van der Waals surface area contributed by atoms with Crippen LogP contribution in [0.2, 0.25) is 0 Å². The number of hydrogen-bond donors (Lipinski definition) is 1. The summed E-state index contributed by atoms with van der Waals surface area (Å²) in [6.07, 6.45) is 0.881. The molecular weight excluding hydrogens is 346 g/mol. The van der Waals surface area contributed by atoms with Crippen molar-refractivity contribution in [2.75, 3.05) is 20.8 Å². The molecule has 0 spiro atoms. The number of H-pyrrole nitrogens is 1. The summed E-state index contributed by atoms with van der Waals surface area (Å²) in [6, 6.07) is 14.3. The molecule has 0 aliphatic rings. The van der Waals surface area contributed by atoms with Crippen molar-refractivity contribution >= 4 is 32.3 Å². The maximum atomic E-state index is 12.3. The second-order valence-corrected chi connectivity index (χ2v) is 7.04. The molecule has 0 aliphatic carbocycles. The summed E-state index contributed by atoms with van der Waals surface area (Å²) in [5, 5.41) is 3.94. The Hall–Kier alpha value is -2.63. The van der Waals surface area contributed by atoms with Crippen molar-refractivity contribution in [3.8, 4) is 16.9 Å². The smallest absolute Gasteiger partial charge is 0.266 e. The molecule has 0 atom stereocenters. The SMILES string of the molecule is COCCc1ccc(-c2c(OC)ccc3[nH]c(=O)c4sccc4c23)cc1. The van der Waals surface area contributed by atoms with E-state index in [0.717, 1.165) is 44.3 Å². The summed E-state index contributed by atoms with van der Waals surface area (Å²) in [5.74, 6) is 0.793. The van der Waals surface area contributed by atoms with Gasteiger partial charge in [-0.15, -0.1) is 11.3 Å². The van der Waals surface area contributed by atoms with Crippen molar-refractivity contribution in [1.29, 1.82) is 0 Å². The number of nitrogens with one attached hydrogen (secondary N) is 1. The highest BCUT2D eigenvalue weighted by atomic mass is 32.1. The summed E-state index contributed by atoms with van der Waals surface area (Å²) in [5.41, 5.74) is 4.06. The number of hydrogen-bond acceptors (Lipinski definition) is 4. The number of aromatic amines is 1. The second kappa shape index (κ2) is 6.94. The van der Waals surface area contributed by atoms with Crippen LogP contribution in [0.25, 0.3) is 32.1 Å². The Morgan fingerprint density at radius 3 is 2.58 bits per heavy atom. The van der Waals surface area contributed by atoms with Gasteiger partial charge >= 0.3 is 0 Å². The fourth-order valence-electron chi connectivity index (χ4n) is 3.34. The van der Waals surface area contributed by atoms with Gasteiger partial charge in [0.05, 0.1) is 13.7 Å². The van der Waals surface area contributed by atoms with Crippen LogP contribution >= 0.6 is 11.3 Å². The lowest BCUT2D eigenvalue weighted by molar-refractivity contribution is 0.202. The first-order valence-electron chi connectivity index (χ1n) is 8.41. The van der Waals surface area contributed by atoms with E-state index in [4.69, 9.17) is 9.47 Å². The molecule has 4 nitrogen and oxygen atoms in total. The molecule has 0 radical (unpaired) electrons. The maximum Gasteiger partial charge on any atom is 0.266 e. The first-order valence-corrected chi connectivity index (χ1v) is 9.29. The van der Waals surface area contributed by atoms with Gasteiger partial charge in [-0.05, 0) is 41.1 Å². The van der Waals surface area contributed by atoms with E-state index >= 15 is 0 Å². The van der Waals surface area contributed by atoms with Crippen LogP contribution < -0.4 is 10.3 Å². The van der Waals surface area contributed by atoms with E-state index in [1.54, 1.807) is 14.2 Å². The van der Waals surface area contributed by atoms with E-state index in [-0.39, 0.29) is 5.56 Å². The Labute approximate surface area is 155 Å². The standard InChI is InChI=1S/C21H19NO3S/c1-24-11-9-13-3-5-14(6-4-13)18-17(25-2)8-7-16-19(18)15-10-12-26-20(15)21(23)22-16/h3-8,10,12H,9,11H2,1-2H3,(H,22,23). The maximum absolute atomic E-state index is 12.3. The molecule has 0 fully saturated rings. The lowest BCUT2D eigenvalue weighted by atomic mass is 9.96. The molecule has 0 saturated heterocycles. The van der Waals surface area contributed by atoms with Crippen LogP contribution in [0.15, 0.2) is 52.6 Å². The van der Waals surface area contributed by atoms with Crippen molar-refractivity contribution in [3.63, 3.8) is 0 Å². The molecule has 0 saturated carbocycles. The van der Waals surface area contributed by atoms with E-state index in [9.17, 15) is 4.79 Å². The molecule has 26 heavy (non-hydrogen) atoms. The van der Waals surface area contributed by atoms with Crippen LogP contribution in [0, 0.1) is 0 Å². The van der Waals surface area contributed by atoms with Crippen LogP contribution in [0.1, 0.15) is 5.56 Å². The van der Waals surface area contributed by atoms with Crippen LogP contribution in [-0.4, -0.2) is 25.8 Å². The number of fused-ring (bicyclic) bond motifs is 3.